The molecule has 0 unspecified atom stereocenters. The third-order valence-corrected chi connectivity index (χ3v) is 6.87. The summed E-state index contributed by atoms with van der Waals surface area (Å²) in [6.45, 7) is 3.60. The van der Waals surface area contributed by atoms with Gasteiger partial charge in [-0.3, -0.25) is 4.79 Å². The number of aromatic nitrogens is 2. The van der Waals surface area contributed by atoms with Crippen molar-refractivity contribution < 1.29 is 14.3 Å². The van der Waals surface area contributed by atoms with Crippen LogP contribution in [0.15, 0.2) is 12.1 Å². The van der Waals surface area contributed by atoms with Gasteiger partial charge in [0.25, 0.3) is 0 Å². The number of carbonyl (C=O) groups excluding carboxylic acids is 1. The van der Waals surface area contributed by atoms with Crippen molar-refractivity contribution in [3.05, 3.63) is 12.1 Å². The van der Waals surface area contributed by atoms with E-state index in [4.69, 9.17) is 20.2 Å². The lowest BCUT2D eigenvalue weighted by Gasteiger charge is -2.50. The second-order valence-electron chi connectivity index (χ2n) is 8.79. The molecule has 0 bridgehead atoms. The molecule has 2 N–H and O–H groups in total. The van der Waals surface area contributed by atoms with E-state index < -0.39 is 0 Å². The molecule has 0 radical (unpaired) electrons. The first-order valence-electron chi connectivity index (χ1n) is 11.8. The van der Waals surface area contributed by atoms with E-state index in [1.807, 2.05) is 12.1 Å². The van der Waals surface area contributed by atoms with Crippen molar-refractivity contribution in [1.82, 2.24) is 14.9 Å². The fraction of sp³-hybridized carbons (Fsp3) is 0.625. The second-order valence-corrected chi connectivity index (χ2v) is 8.79. The summed E-state index contributed by atoms with van der Waals surface area (Å²) in [5.74, 6) is 2.58. The van der Waals surface area contributed by atoms with Crippen LogP contribution in [0.2, 0.25) is 0 Å². The summed E-state index contributed by atoms with van der Waals surface area (Å²) in [6.07, 6.45) is 8.25. The van der Waals surface area contributed by atoms with Crippen LogP contribution >= 0.6 is 0 Å². The van der Waals surface area contributed by atoms with Gasteiger partial charge in [0, 0.05) is 31.0 Å². The highest BCUT2D eigenvalue weighted by molar-refractivity contribution is 5.91. The van der Waals surface area contributed by atoms with Crippen molar-refractivity contribution in [2.45, 2.75) is 70.4 Å². The molecule has 1 amide bonds. The maximum absolute atomic E-state index is 13.0. The van der Waals surface area contributed by atoms with E-state index in [9.17, 15) is 4.79 Å². The number of ether oxygens (including phenoxy) is 2. The van der Waals surface area contributed by atoms with Crippen molar-refractivity contribution in [2.24, 2.45) is 0 Å². The smallest absolute Gasteiger partial charge is 0.228 e. The molecule has 1 aliphatic carbocycles. The van der Waals surface area contributed by atoms with Gasteiger partial charge in [-0.25, -0.2) is 4.98 Å². The standard InChI is InChI=1S/C24H35N5O3/c1-4-5-6-11-22(30)28-12-13-29(19-10-8-7-9-18(19)28)24-26-17-15-21(32-3)20(31-2)14-16(17)23(25)27-24/h14-15,18-19H,4-13H2,1-3H3,(H2,25,26,27)/t18-,19+/m0/s1. The van der Waals surface area contributed by atoms with Gasteiger partial charge in [-0.15, -0.1) is 0 Å². The Kier molecular flexibility index (Phi) is 6.86. The third-order valence-electron chi connectivity index (χ3n) is 6.87. The van der Waals surface area contributed by atoms with Gasteiger partial charge in [0.05, 0.1) is 31.8 Å². The summed E-state index contributed by atoms with van der Waals surface area (Å²) in [4.78, 5) is 26.9. The summed E-state index contributed by atoms with van der Waals surface area (Å²) in [7, 11) is 3.21. The zero-order valence-electron chi connectivity index (χ0n) is 19.5. The van der Waals surface area contributed by atoms with Crippen LogP contribution < -0.4 is 20.1 Å². The molecule has 2 fully saturated rings. The summed E-state index contributed by atoms with van der Waals surface area (Å²) in [6, 6.07) is 4.12. The minimum absolute atomic E-state index is 0.220. The number of nitrogen functional groups attached to an aromatic ring is 1. The molecule has 8 nitrogen and oxygen atoms in total. The summed E-state index contributed by atoms with van der Waals surface area (Å²) in [5.41, 5.74) is 7.08. The Bertz CT molecular complexity index is 966. The minimum atomic E-state index is 0.220. The van der Waals surface area contributed by atoms with Crippen LogP contribution in [0.25, 0.3) is 10.9 Å². The van der Waals surface area contributed by atoms with E-state index in [0.717, 1.165) is 62.4 Å². The van der Waals surface area contributed by atoms with E-state index in [1.165, 1.54) is 0 Å². The largest absolute Gasteiger partial charge is 0.493 e. The van der Waals surface area contributed by atoms with Gasteiger partial charge >= 0.3 is 0 Å². The lowest BCUT2D eigenvalue weighted by Crippen LogP contribution is -2.62. The SMILES string of the molecule is CCCCCC(=O)N1CCN(c2nc(N)c3cc(OC)c(OC)cc3n2)[C@@H]2CCCC[C@@H]21. The van der Waals surface area contributed by atoms with Gasteiger partial charge in [0.2, 0.25) is 11.9 Å². The van der Waals surface area contributed by atoms with Crippen molar-refractivity contribution >= 4 is 28.6 Å². The van der Waals surface area contributed by atoms with Gasteiger partial charge in [-0.2, -0.15) is 4.98 Å². The van der Waals surface area contributed by atoms with Crippen LogP contribution in [0.1, 0.15) is 58.3 Å². The highest BCUT2D eigenvalue weighted by atomic mass is 16.5. The normalized spacial score (nSPS) is 20.8. The first kappa shape index (κ1) is 22.4. The van der Waals surface area contributed by atoms with Crippen molar-refractivity contribution in [1.29, 1.82) is 0 Å². The van der Waals surface area contributed by atoms with E-state index in [2.05, 4.69) is 21.7 Å². The zero-order chi connectivity index (χ0) is 22.7. The number of benzene rings is 1. The Balaban J connectivity index is 1.62. The van der Waals surface area contributed by atoms with Crippen molar-refractivity contribution in [3.63, 3.8) is 0 Å². The molecule has 1 saturated carbocycles. The lowest BCUT2D eigenvalue weighted by atomic mass is 9.86. The molecule has 2 heterocycles. The maximum atomic E-state index is 13.0. The van der Waals surface area contributed by atoms with Gasteiger partial charge in [0.15, 0.2) is 11.5 Å². The molecule has 2 aromatic rings. The molecule has 8 heteroatoms. The highest BCUT2D eigenvalue weighted by Crippen LogP contribution is 2.37. The Morgan fingerprint density at radius 3 is 2.50 bits per heavy atom. The number of unbranched alkanes of at least 4 members (excludes halogenated alkanes) is 2. The first-order chi connectivity index (χ1) is 15.6. The van der Waals surface area contributed by atoms with Crippen LogP contribution in [-0.4, -0.2) is 60.2 Å². The zero-order valence-corrected chi connectivity index (χ0v) is 19.5. The van der Waals surface area contributed by atoms with Gasteiger partial charge in [-0.1, -0.05) is 32.6 Å². The number of carbonyl (C=O) groups is 1. The Hall–Kier alpha value is -2.77. The average molecular weight is 442 g/mol. The first-order valence-corrected chi connectivity index (χ1v) is 11.8. The Labute approximate surface area is 190 Å². The quantitative estimate of drug-likeness (QED) is 0.654. The van der Waals surface area contributed by atoms with E-state index in [-0.39, 0.29) is 12.1 Å². The van der Waals surface area contributed by atoms with Gasteiger partial charge in [0.1, 0.15) is 5.82 Å². The molecule has 2 atom stereocenters. The third kappa shape index (κ3) is 4.27. The monoisotopic (exact) mass is 441 g/mol. The second kappa shape index (κ2) is 9.79. The molecule has 2 aliphatic rings. The summed E-state index contributed by atoms with van der Waals surface area (Å²) in [5, 5.41) is 0.747. The Morgan fingerprint density at radius 2 is 1.78 bits per heavy atom. The average Bonchev–Trinajstić information content (AvgIpc) is 2.82. The van der Waals surface area contributed by atoms with E-state index in [0.29, 0.717) is 42.1 Å². The van der Waals surface area contributed by atoms with Crippen molar-refractivity contribution in [2.75, 3.05) is 37.9 Å². The predicted octanol–water partition coefficient (Wildman–Crippen LogP) is 3.77. The molecule has 1 aromatic carbocycles. The number of rotatable bonds is 7. The molecule has 1 aliphatic heterocycles. The van der Waals surface area contributed by atoms with E-state index in [1.54, 1.807) is 14.2 Å². The lowest BCUT2D eigenvalue weighted by molar-refractivity contribution is -0.135. The van der Waals surface area contributed by atoms with Crippen molar-refractivity contribution in [3.8, 4) is 11.5 Å². The number of fused-ring (bicyclic) bond motifs is 2. The van der Waals surface area contributed by atoms with Crippen LogP contribution in [0, 0.1) is 0 Å². The fourth-order valence-electron chi connectivity index (χ4n) is 5.19. The molecule has 4 rings (SSSR count). The predicted molar refractivity (Wildman–Crippen MR) is 126 cm³/mol. The number of anilines is 2. The molecular weight excluding hydrogens is 406 g/mol. The minimum Gasteiger partial charge on any atom is -0.493 e. The van der Waals surface area contributed by atoms with Crippen LogP contribution in [0.3, 0.4) is 0 Å². The summed E-state index contributed by atoms with van der Waals surface area (Å²) >= 11 is 0. The number of nitrogens with zero attached hydrogens (tertiary/aromatic N) is 4. The number of piperazine rings is 1. The number of nitrogens with two attached hydrogens (primary N) is 1. The molecule has 32 heavy (non-hydrogen) atoms. The topological polar surface area (TPSA) is 93.8 Å². The fourth-order valence-corrected chi connectivity index (χ4v) is 5.19. The van der Waals surface area contributed by atoms with Crippen LogP contribution in [0.4, 0.5) is 11.8 Å². The maximum Gasteiger partial charge on any atom is 0.228 e. The van der Waals surface area contributed by atoms with Crippen LogP contribution in [-0.2, 0) is 4.79 Å². The van der Waals surface area contributed by atoms with Crippen LogP contribution in [0.5, 0.6) is 11.5 Å². The molecular formula is C24H35N5O3. The molecule has 1 saturated heterocycles. The molecule has 0 spiro atoms. The molecule has 174 valence electrons. The van der Waals surface area contributed by atoms with Gasteiger partial charge < -0.3 is 25.0 Å². The Morgan fingerprint density at radius 1 is 1.06 bits per heavy atom. The number of methoxy groups -OCH3 is 2. The van der Waals surface area contributed by atoms with E-state index >= 15 is 0 Å². The number of hydrogen-bond donors (Lipinski definition) is 1. The number of hydrogen-bond acceptors (Lipinski definition) is 7. The number of amides is 1. The van der Waals surface area contributed by atoms with Gasteiger partial charge in [-0.05, 0) is 25.3 Å². The highest BCUT2D eigenvalue weighted by Gasteiger charge is 2.41. The molecule has 1 aromatic heterocycles. The summed E-state index contributed by atoms with van der Waals surface area (Å²) < 4.78 is 10.9.